The summed E-state index contributed by atoms with van der Waals surface area (Å²) in [5, 5.41) is 24.9. The fourth-order valence-corrected chi connectivity index (χ4v) is 4.48. The monoisotopic (exact) mass is 642 g/mol. The molecule has 0 unspecified atom stereocenters. The van der Waals surface area contributed by atoms with Gasteiger partial charge in [-0.25, -0.2) is 23.4 Å². The lowest BCUT2D eigenvalue weighted by atomic mass is 9.96. The third kappa shape index (κ3) is 7.65. The number of carbonyl (C=O) groups is 3. The van der Waals surface area contributed by atoms with E-state index in [2.05, 4.69) is 20.5 Å². The number of carboxylic acid groups (broad SMARTS) is 2. The molecule has 0 bridgehead atoms. The molecule has 2 heterocycles. The van der Waals surface area contributed by atoms with E-state index in [-0.39, 0.29) is 18.1 Å². The number of fused-ring (bicyclic) bond motifs is 2. The van der Waals surface area contributed by atoms with Gasteiger partial charge in [0, 0.05) is 5.39 Å². The van der Waals surface area contributed by atoms with Gasteiger partial charge in [0.1, 0.15) is 11.7 Å². The number of amides is 1. The van der Waals surface area contributed by atoms with Gasteiger partial charge < -0.3 is 20.3 Å². The molecule has 2 aromatic carbocycles. The molecular weight excluding hydrogens is 624 g/mol. The minimum atomic E-state index is -5.08. The Hall–Kier alpha value is -4.55. The summed E-state index contributed by atoms with van der Waals surface area (Å²) in [5.74, 6) is -6.74. The minimum absolute atomic E-state index is 0.133. The highest BCUT2D eigenvalue weighted by atomic mass is 32.1. The normalized spacial score (nSPS) is 16.0. The number of aromatic nitrogens is 3. The fraction of sp³-hybridized carbons (Fsp3) is 0.292. The van der Waals surface area contributed by atoms with Gasteiger partial charge in [0.05, 0.1) is 29.4 Å². The van der Waals surface area contributed by atoms with Gasteiger partial charge in [-0.2, -0.15) is 31.4 Å². The second-order valence-corrected chi connectivity index (χ2v) is 9.69. The first-order chi connectivity index (χ1) is 19.9. The second-order valence-electron chi connectivity index (χ2n) is 8.66. The van der Waals surface area contributed by atoms with Crippen LogP contribution in [0.3, 0.4) is 0 Å². The smallest absolute Gasteiger partial charge is 0.490 e. The molecule has 4 N–H and O–H groups in total. The van der Waals surface area contributed by atoms with Crippen molar-refractivity contribution in [2.45, 2.75) is 31.9 Å². The van der Waals surface area contributed by atoms with E-state index in [1.807, 2.05) is 18.2 Å². The van der Waals surface area contributed by atoms with E-state index in [4.69, 9.17) is 24.5 Å². The molecule has 1 aliphatic rings. The maximum atomic E-state index is 14.9. The predicted molar refractivity (Wildman–Crippen MR) is 135 cm³/mol. The molecule has 1 saturated carbocycles. The van der Waals surface area contributed by atoms with E-state index in [9.17, 15) is 39.9 Å². The van der Waals surface area contributed by atoms with Gasteiger partial charge in [0.25, 0.3) is 0 Å². The fourth-order valence-electron chi connectivity index (χ4n) is 3.57. The molecule has 2 aromatic heterocycles. The third-order valence-corrected chi connectivity index (χ3v) is 6.62. The van der Waals surface area contributed by atoms with E-state index in [1.165, 1.54) is 18.4 Å². The number of halogens is 8. The van der Waals surface area contributed by atoms with Crippen LogP contribution in [-0.2, 0) is 14.4 Å². The van der Waals surface area contributed by atoms with E-state index in [1.54, 1.807) is 13.1 Å². The largest absolute Gasteiger partial charge is 0.491 e. The average molecular weight is 642 g/mol. The molecule has 19 heteroatoms. The zero-order valence-corrected chi connectivity index (χ0v) is 22.3. The number of hydrogen-bond acceptors (Lipinski definition) is 7. The molecule has 0 aliphatic heterocycles. The lowest BCUT2D eigenvalue weighted by molar-refractivity contribution is -0.193. The summed E-state index contributed by atoms with van der Waals surface area (Å²) in [6, 6.07) is 5.57. The summed E-state index contributed by atoms with van der Waals surface area (Å²) in [4.78, 5) is 34.1. The number of hydrogen-bond donors (Lipinski definition) is 4. The van der Waals surface area contributed by atoms with Crippen molar-refractivity contribution in [2.24, 2.45) is 5.92 Å². The van der Waals surface area contributed by atoms with Crippen LogP contribution in [0.25, 0.3) is 32.2 Å². The van der Waals surface area contributed by atoms with Crippen molar-refractivity contribution in [1.82, 2.24) is 15.2 Å². The van der Waals surface area contributed by atoms with Crippen LogP contribution >= 0.6 is 11.3 Å². The number of alkyl halides is 7. The number of nitrogens with one attached hydrogen (secondary N) is 2. The minimum Gasteiger partial charge on any atom is -0.491 e. The molecule has 5 rings (SSSR count). The van der Waals surface area contributed by atoms with Gasteiger partial charge in [-0.15, -0.1) is 0 Å². The van der Waals surface area contributed by atoms with E-state index >= 15 is 0 Å². The van der Waals surface area contributed by atoms with Gasteiger partial charge in [-0.05, 0) is 42.2 Å². The maximum absolute atomic E-state index is 14.9. The number of nitrogens with zero attached hydrogens (tertiary/aromatic N) is 2. The van der Waals surface area contributed by atoms with Gasteiger partial charge >= 0.3 is 24.3 Å². The first-order valence-corrected chi connectivity index (χ1v) is 12.3. The van der Waals surface area contributed by atoms with Crippen molar-refractivity contribution < 1.29 is 64.5 Å². The van der Waals surface area contributed by atoms with Crippen LogP contribution in [0.2, 0.25) is 0 Å². The topological polar surface area (TPSA) is 154 Å². The number of thiazole rings is 1. The molecule has 10 nitrogen and oxygen atoms in total. The zero-order chi connectivity index (χ0) is 32.4. The SMILES string of the molecule is COc1c(F)c(C)c(-c2ccc3nc(NC(=O)[C@@H]4C[C@@H]4F)sc3c2)c2cn[nH]c12.O=C(O)C(F)(F)F.O=C(O)C(F)(F)F. The van der Waals surface area contributed by atoms with E-state index in [0.717, 1.165) is 15.6 Å². The number of aromatic amines is 1. The number of ether oxygens (including phenoxy) is 1. The highest BCUT2D eigenvalue weighted by Crippen LogP contribution is 2.41. The molecule has 0 saturated heterocycles. The molecule has 1 amide bonds. The van der Waals surface area contributed by atoms with Crippen LogP contribution in [0.15, 0.2) is 24.4 Å². The first-order valence-electron chi connectivity index (χ1n) is 11.5. The zero-order valence-electron chi connectivity index (χ0n) is 21.5. The number of methoxy groups -OCH3 is 1. The van der Waals surface area contributed by atoms with E-state index in [0.29, 0.717) is 27.3 Å². The van der Waals surface area contributed by atoms with Gasteiger partial charge in [-0.3, -0.25) is 9.89 Å². The molecule has 43 heavy (non-hydrogen) atoms. The Morgan fingerprint density at radius 2 is 1.65 bits per heavy atom. The van der Waals surface area contributed by atoms with Crippen LogP contribution in [0.1, 0.15) is 12.0 Å². The van der Waals surface area contributed by atoms with Crippen molar-refractivity contribution >= 4 is 55.4 Å². The van der Waals surface area contributed by atoms with Crippen molar-refractivity contribution in [3.05, 3.63) is 35.8 Å². The highest BCUT2D eigenvalue weighted by molar-refractivity contribution is 7.22. The summed E-state index contributed by atoms with van der Waals surface area (Å²) < 4.78 is 97.5. The number of aliphatic carboxylic acids is 2. The van der Waals surface area contributed by atoms with Crippen LogP contribution in [-0.4, -0.2) is 68.9 Å². The predicted octanol–water partition coefficient (Wildman–Crippen LogP) is 5.86. The maximum Gasteiger partial charge on any atom is 0.490 e. The second kappa shape index (κ2) is 12.4. The van der Waals surface area contributed by atoms with Crippen LogP contribution in [0, 0.1) is 18.7 Å². The molecule has 0 spiro atoms. The Kier molecular flexibility index (Phi) is 9.47. The van der Waals surface area contributed by atoms with Crippen molar-refractivity contribution in [3.63, 3.8) is 0 Å². The number of rotatable bonds is 4. The average Bonchev–Trinajstić information content (AvgIpc) is 3.26. The summed E-state index contributed by atoms with van der Waals surface area (Å²) in [5.41, 5.74) is 3.17. The Balaban J connectivity index is 0.000000303. The first kappa shape index (κ1) is 33.0. The van der Waals surface area contributed by atoms with Crippen LogP contribution < -0.4 is 10.1 Å². The number of carboxylic acids is 2. The quantitative estimate of drug-likeness (QED) is 0.202. The third-order valence-electron chi connectivity index (χ3n) is 5.69. The van der Waals surface area contributed by atoms with Crippen LogP contribution in [0.4, 0.5) is 40.3 Å². The molecule has 0 radical (unpaired) electrons. The lowest BCUT2D eigenvalue weighted by Gasteiger charge is -2.12. The van der Waals surface area contributed by atoms with Crippen molar-refractivity contribution in [3.8, 4) is 16.9 Å². The highest BCUT2D eigenvalue weighted by Gasteiger charge is 2.44. The summed E-state index contributed by atoms with van der Waals surface area (Å²) in [6.45, 7) is 1.70. The summed E-state index contributed by atoms with van der Waals surface area (Å²) in [7, 11) is 1.42. The molecule has 232 valence electrons. The molecular formula is C24H18F8N4O6S. The summed E-state index contributed by atoms with van der Waals surface area (Å²) in [6.07, 6.45) is -9.31. The van der Waals surface area contributed by atoms with E-state index < -0.39 is 42.2 Å². The Labute approximate surface area is 238 Å². The Bertz CT molecular complexity index is 1660. The van der Waals surface area contributed by atoms with Crippen molar-refractivity contribution in [2.75, 3.05) is 12.4 Å². The van der Waals surface area contributed by atoms with Gasteiger partial charge in [-0.1, -0.05) is 17.4 Å². The van der Waals surface area contributed by atoms with Crippen LogP contribution in [0.5, 0.6) is 5.75 Å². The molecule has 1 fully saturated rings. The lowest BCUT2D eigenvalue weighted by Crippen LogP contribution is -2.21. The number of H-pyrrole nitrogens is 1. The molecule has 4 aromatic rings. The Morgan fingerprint density at radius 3 is 2.14 bits per heavy atom. The molecule has 1 aliphatic carbocycles. The van der Waals surface area contributed by atoms with Crippen molar-refractivity contribution in [1.29, 1.82) is 0 Å². The molecule has 2 atom stereocenters. The number of anilines is 1. The van der Waals surface area contributed by atoms with Gasteiger partial charge in [0.15, 0.2) is 16.7 Å². The standard InChI is InChI=1S/C20H16F2N4O2S.2C2HF3O2/c1-8-15(11-7-23-26-17(11)18(28-2)16(8)22)9-3-4-13-14(5-9)29-20(24-13)25-19(27)10-6-12(10)21;2*3-2(4,5)1(6)7/h3-5,7,10,12H,6H2,1-2H3,(H,23,26)(H,24,25,27);2*(H,6,7)/t10-,12+;;/m1../s1. The Morgan fingerprint density at radius 1 is 1.09 bits per heavy atom. The summed E-state index contributed by atoms with van der Waals surface area (Å²) >= 11 is 1.30. The van der Waals surface area contributed by atoms with Gasteiger partial charge in [0.2, 0.25) is 5.91 Å². The number of carbonyl (C=O) groups excluding carboxylic acids is 1. The number of benzene rings is 2.